The standard InChI is InChI=1S/C13H19N3O2/c1-9-4-7-16-12(10(9)11(14)17)18-8-13(15)5-2-3-6-13/h4,7H,2-3,5-6,8,15H2,1H3,(H2,14,17). The summed E-state index contributed by atoms with van der Waals surface area (Å²) >= 11 is 0. The average Bonchev–Trinajstić information content (AvgIpc) is 2.73. The van der Waals surface area contributed by atoms with Crippen molar-refractivity contribution in [1.82, 2.24) is 4.98 Å². The molecule has 0 aliphatic heterocycles. The predicted molar refractivity (Wildman–Crippen MR) is 68.4 cm³/mol. The monoisotopic (exact) mass is 249 g/mol. The van der Waals surface area contributed by atoms with E-state index in [9.17, 15) is 4.79 Å². The Labute approximate surface area is 107 Å². The van der Waals surface area contributed by atoms with Gasteiger partial charge in [0.05, 0.1) is 5.54 Å². The fourth-order valence-corrected chi connectivity index (χ4v) is 2.38. The van der Waals surface area contributed by atoms with Gasteiger partial charge in [0, 0.05) is 6.20 Å². The Bertz CT molecular complexity index is 454. The molecule has 0 saturated heterocycles. The number of primary amides is 1. The molecule has 0 bridgehead atoms. The number of carbonyl (C=O) groups excluding carboxylic acids is 1. The number of nitrogens with zero attached hydrogens (tertiary/aromatic N) is 1. The second kappa shape index (κ2) is 4.94. The minimum absolute atomic E-state index is 0.291. The van der Waals surface area contributed by atoms with E-state index in [-0.39, 0.29) is 5.54 Å². The van der Waals surface area contributed by atoms with Crippen molar-refractivity contribution in [3.8, 4) is 5.88 Å². The van der Waals surface area contributed by atoms with Crippen molar-refractivity contribution in [3.05, 3.63) is 23.4 Å². The first-order valence-corrected chi connectivity index (χ1v) is 6.19. The first kappa shape index (κ1) is 12.8. The minimum atomic E-state index is -0.520. The molecule has 0 atom stereocenters. The second-order valence-corrected chi connectivity index (χ2v) is 5.03. The van der Waals surface area contributed by atoms with E-state index < -0.39 is 5.91 Å². The van der Waals surface area contributed by atoms with Gasteiger partial charge in [0.25, 0.3) is 5.91 Å². The molecular weight excluding hydrogens is 230 g/mol. The zero-order chi connectivity index (χ0) is 13.2. The first-order chi connectivity index (χ1) is 8.52. The van der Waals surface area contributed by atoms with Crippen LogP contribution in [-0.2, 0) is 0 Å². The summed E-state index contributed by atoms with van der Waals surface area (Å²) in [6.45, 7) is 2.19. The Morgan fingerprint density at radius 3 is 2.78 bits per heavy atom. The lowest BCUT2D eigenvalue weighted by Gasteiger charge is -2.23. The third kappa shape index (κ3) is 2.61. The van der Waals surface area contributed by atoms with Crippen LogP contribution in [0.5, 0.6) is 5.88 Å². The van der Waals surface area contributed by atoms with E-state index in [2.05, 4.69) is 4.98 Å². The summed E-state index contributed by atoms with van der Waals surface area (Å²) < 4.78 is 5.63. The summed E-state index contributed by atoms with van der Waals surface area (Å²) in [5, 5.41) is 0. The number of rotatable bonds is 4. The maximum atomic E-state index is 11.4. The molecule has 18 heavy (non-hydrogen) atoms. The van der Waals surface area contributed by atoms with Crippen LogP contribution in [0, 0.1) is 6.92 Å². The van der Waals surface area contributed by atoms with Gasteiger partial charge in [0.2, 0.25) is 5.88 Å². The van der Waals surface area contributed by atoms with Gasteiger partial charge in [-0.2, -0.15) is 0 Å². The van der Waals surface area contributed by atoms with Gasteiger partial charge in [-0.05, 0) is 31.4 Å². The third-order valence-corrected chi connectivity index (χ3v) is 3.47. The van der Waals surface area contributed by atoms with Crippen molar-refractivity contribution < 1.29 is 9.53 Å². The van der Waals surface area contributed by atoms with Crippen molar-refractivity contribution in [2.75, 3.05) is 6.61 Å². The van der Waals surface area contributed by atoms with Gasteiger partial charge in [-0.1, -0.05) is 12.8 Å². The molecule has 1 aliphatic rings. The fraction of sp³-hybridized carbons (Fsp3) is 0.538. The van der Waals surface area contributed by atoms with Crippen LogP contribution in [0.15, 0.2) is 12.3 Å². The number of hydrogen-bond acceptors (Lipinski definition) is 4. The number of pyridine rings is 1. The van der Waals surface area contributed by atoms with Crippen molar-refractivity contribution >= 4 is 5.91 Å². The highest BCUT2D eigenvalue weighted by Crippen LogP contribution is 2.28. The van der Waals surface area contributed by atoms with Crippen LogP contribution in [0.25, 0.3) is 0 Å². The second-order valence-electron chi connectivity index (χ2n) is 5.03. The maximum absolute atomic E-state index is 11.4. The number of carbonyl (C=O) groups is 1. The summed E-state index contributed by atoms with van der Waals surface area (Å²) in [5.41, 5.74) is 12.4. The van der Waals surface area contributed by atoms with E-state index in [1.54, 1.807) is 12.3 Å². The molecule has 0 unspecified atom stereocenters. The Hall–Kier alpha value is -1.62. The van der Waals surface area contributed by atoms with E-state index in [1.165, 1.54) is 0 Å². The van der Waals surface area contributed by atoms with Crippen molar-refractivity contribution in [2.45, 2.75) is 38.1 Å². The molecule has 1 heterocycles. The molecular formula is C13H19N3O2. The van der Waals surface area contributed by atoms with Crippen LogP contribution in [-0.4, -0.2) is 23.0 Å². The third-order valence-electron chi connectivity index (χ3n) is 3.47. The lowest BCUT2D eigenvalue weighted by molar-refractivity contribution is 0.0992. The number of amides is 1. The zero-order valence-electron chi connectivity index (χ0n) is 10.6. The molecule has 1 aliphatic carbocycles. The van der Waals surface area contributed by atoms with Crippen LogP contribution in [0.4, 0.5) is 0 Å². The van der Waals surface area contributed by atoms with Gasteiger partial charge in [-0.3, -0.25) is 4.79 Å². The van der Waals surface area contributed by atoms with Crippen molar-refractivity contribution in [2.24, 2.45) is 11.5 Å². The van der Waals surface area contributed by atoms with Crippen LogP contribution < -0.4 is 16.2 Å². The number of aromatic nitrogens is 1. The number of nitrogens with two attached hydrogens (primary N) is 2. The van der Waals surface area contributed by atoms with Gasteiger partial charge < -0.3 is 16.2 Å². The molecule has 2 rings (SSSR count). The smallest absolute Gasteiger partial charge is 0.254 e. The van der Waals surface area contributed by atoms with E-state index in [4.69, 9.17) is 16.2 Å². The molecule has 0 aromatic carbocycles. The summed E-state index contributed by atoms with van der Waals surface area (Å²) in [5.74, 6) is -0.229. The molecule has 5 heteroatoms. The lowest BCUT2D eigenvalue weighted by Crippen LogP contribution is -2.42. The average molecular weight is 249 g/mol. The normalized spacial score (nSPS) is 17.7. The van der Waals surface area contributed by atoms with Gasteiger partial charge in [0.1, 0.15) is 12.2 Å². The van der Waals surface area contributed by atoms with Crippen LogP contribution in [0.3, 0.4) is 0 Å². The first-order valence-electron chi connectivity index (χ1n) is 6.19. The van der Waals surface area contributed by atoms with Crippen LogP contribution >= 0.6 is 0 Å². The number of ether oxygens (including phenoxy) is 1. The molecule has 5 nitrogen and oxygen atoms in total. The molecule has 1 saturated carbocycles. The molecule has 1 amide bonds. The predicted octanol–water partition coefficient (Wildman–Crippen LogP) is 1.14. The number of hydrogen-bond donors (Lipinski definition) is 2. The highest BCUT2D eigenvalue weighted by Gasteiger charge is 2.30. The van der Waals surface area contributed by atoms with Gasteiger partial charge in [-0.15, -0.1) is 0 Å². The van der Waals surface area contributed by atoms with Crippen LogP contribution in [0.2, 0.25) is 0 Å². The van der Waals surface area contributed by atoms with E-state index in [0.717, 1.165) is 31.2 Å². The molecule has 1 aromatic rings. The minimum Gasteiger partial charge on any atom is -0.475 e. The van der Waals surface area contributed by atoms with E-state index in [1.807, 2.05) is 6.92 Å². The quantitative estimate of drug-likeness (QED) is 0.837. The number of aryl methyl sites for hydroxylation is 1. The van der Waals surface area contributed by atoms with Gasteiger partial charge in [0.15, 0.2) is 0 Å². The Balaban J connectivity index is 2.14. The summed E-state index contributed by atoms with van der Waals surface area (Å²) in [6, 6.07) is 1.74. The van der Waals surface area contributed by atoms with Gasteiger partial charge in [-0.25, -0.2) is 4.98 Å². The van der Waals surface area contributed by atoms with E-state index >= 15 is 0 Å². The molecule has 1 fully saturated rings. The van der Waals surface area contributed by atoms with Crippen molar-refractivity contribution in [1.29, 1.82) is 0 Å². The highest BCUT2D eigenvalue weighted by atomic mass is 16.5. The molecule has 0 radical (unpaired) electrons. The summed E-state index contributed by atoms with van der Waals surface area (Å²) in [7, 11) is 0. The highest BCUT2D eigenvalue weighted by molar-refractivity contribution is 5.96. The van der Waals surface area contributed by atoms with Crippen molar-refractivity contribution in [3.63, 3.8) is 0 Å². The molecule has 1 aromatic heterocycles. The summed E-state index contributed by atoms with van der Waals surface area (Å²) in [4.78, 5) is 15.5. The Kier molecular flexibility index (Phi) is 3.52. The molecule has 0 spiro atoms. The zero-order valence-corrected chi connectivity index (χ0v) is 10.6. The maximum Gasteiger partial charge on any atom is 0.254 e. The SMILES string of the molecule is Cc1ccnc(OCC2(N)CCCC2)c1C(N)=O. The van der Waals surface area contributed by atoms with Crippen LogP contribution in [0.1, 0.15) is 41.6 Å². The van der Waals surface area contributed by atoms with Gasteiger partial charge >= 0.3 is 0 Å². The Morgan fingerprint density at radius 2 is 2.17 bits per heavy atom. The topological polar surface area (TPSA) is 91.2 Å². The summed E-state index contributed by atoms with van der Waals surface area (Å²) in [6.07, 6.45) is 5.76. The Morgan fingerprint density at radius 1 is 1.50 bits per heavy atom. The molecule has 98 valence electrons. The molecule has 4 N–H and O–H groups in total. The fourth-order valence-electron chi connectivity index (χ4n) is 2.38. The lowest BCUT2D eigenvalue weighted by atomic mass is 10.0. The largest absolute Gasteiger partial charge is 0.475 e. The van der Waals surface area contributed by atoms with E-state index in [0.29, 0.717) is 18.1 Å².